The summed E-state index contributed by atoms with van der Waals surface area (Å²) in [4.78, 5) is 12.2. The molecule has 4 fully saturated rings. The third-order valence-electron chi connectivity index (χ3n) is 6.11. The van der Waals surface area contributed by atoms with Crippen LogP contribution in [0.2, 0.25) is 0 Å². The Morgan fingerprint density at radius 2 is 2.11 bits per heavy atom. The molecule has 3 saturated carbocycles. The van der Waals surface area contributed by atoms with E-state index in [4.69, 9.17) is 0 Å². The molecule has 18 heavy (non-hydrogen) atoms. The molecule has 1 unspecified atom stereocenters. The van der Waals surface area contributed by atoms with E-state index in [0.717, 1.165) is 31.3 Å². The lowest BCUT2D eigenvalue weighted by molar-refractivity contribution is -0.136. The van der Waals surface area contributed by atoms with Crippen LogP contribution < -0.4 is 10.6 Å². The van der Waals surface area contributed by atoms with Crippen LogP contribution in [0.1, 0.15) is 40.0 Å². The summed E-state index contributed by atoms with van der Waals surface area (Å²) in [6, 6.07) is 0.426. The second kappa shape index (κ2) is 4.22. The molecule has 0 aromatic carbocycles. The second-order valence-corrected chi connectivity index (χ2v) is 7.26. The Bertz CT molecular complexity index is 346. The first kappa shape index (κ1) is 12.5. The molecule has 4 rings (SSSR count). The molecule has 0 aromatic rings. The van der Waals surface area contributed by atoms with Crippen molar-refractivity contribution in [2.24, 2.45) is 29.1 Å². The Morgan fingerprint density at radius 3 is 2.67 bits per heavy atom. The van der Waals surface area contributed by atoms with Crippen LogP contribution >= 0.6 is 0 Å². The predicted octanol–water partition coefficient (Wildman–Crippen LogP) is 1.78. The van der Waals surface area contributed by atoms with Crippen molar-refractivity contribution in [1.82, 2.24) is 10.6 Å². The van der Waals surface area contributed by atoms with Gasteiger partial charge in [0, 0.05) is 12.6 Å². The highest BCUT2D eigenvalue weighted by molar-refractivity contribution is 5.79. The van der Waals surface area contributed by atoms with E-state index in [1.165, 1.54) is 12.8 Å². The molecule has 3 heteroatoms. The molecule has 0 spiro atoms. The lowest BCUT2D eigenvalue weighted by Crippen LogP contribution is -2.61. The van der Waals surface area contributed by atoms with Crippen molar-refractivity contribution in [2.45, 2.75) is 46.1 Å². The Morgan fingerprint density at radius 1 is 1.33 bits per heavy atom. The number of fused-ring (bicyclic) bond motifs is 2. The third kappa shape index (κ3) is 1.78. The van der Waals surface area contributed by atoms with Crippen LogP contribution in [0.25, 0.3) is 0 Å². The molecule has 3 aliphatic carbocycles. The van der Waals surface area contributed by atoms with Crippen molar-refractivity contribution < 1.29 is 4.79 Å². The van der Waals surface area contributed by atoms with Crippen molar-refractivity contribution in [1.29, 1.82) is 0 Å². The van der Waals surface area contributed by atoms with E-state index < -0.39 is 0 Å². The van der Waals surface area contributed by atoms with Gasteiger partial charge in [-0.15, -0.1) is 0 Å². The highest BCUT2D eigenvalue weighted by atomic mass is 16.2. The largest absolute Gasteiger partial charge is 0.353 e. The number of carbonyl (C=O) groups is 1. The van der Waals surface area contributed by atoms with E-state index in [0.29, 0.717) is 17.4 Å². The summed E-state index contributed by atoms with van der Waals surface area (Å²) in [5.41, 5.74) is 0.509. The maximum atomic E-state index is 12.2. The van der Waals surface area contributed by atoms with Gasteiger partial charge in [0.05, 0.1) is 5.92 Å². The van der Waals surface area contributed by atoms with E-state index in [1.807, 2.05) is 0 Å². The first-order valence-electron chi connectivity index (χ1n) is 7.51. The van der Waals surface area contributed by atoms with Crippen LogP contribution in [0.4, 0.5) is 0 Å². The standard InChI is InChI=1S/C15H26N2O/c1-9-12-6-11(15(12,2)3)7-13(9)17-14(18)10-4-5-16-8-10/h9-13,16H,4-8H2,1-3H3,(H,17,18)/t9-,10?,11+,12-,13-/m0/s1. The number of carbonyl (C=O) groups excluding carboxylic acids is 1. The molecule has 1 aliphatic heterocycles. The van der Waals surface area contributed by atoms with Crippen molar-refractivity contribution >= 4 is 5.91 Å². The molecule has 2 bridgehead atoms. The maximum Gasteiger partial charge on any atom is 0.224 e. The summed E-state index contributed by atoms with van der Waals surface area (Å²) in [5, 5.41) is 6.60. The van der Waals surface area contributed by atoms with Gasteiger partial charge in [0.2, 0.25) is 5.91 Å². The summed E-state index contributed by atoms with van der Waals surface area (Å²) in [7, 11) is 0. The molecule has 0 radical (unpaired) electrons. The average Bonchev–Trinajstić information content (AvgIpc) is 2.84. The van der Waals surface area contributed by atoms with Crippen LogP contribution in [0.15, 0.2) is 0 Å². The quantitative estimate of drug-likeness (QED) is 0.784. The maximum absolute atomic E-state index is 12.2. The van der Waals surface area contributed by atoms with E-state index in [9.17, 15) is 4.79 Å². The third-order valence-corrected chi connectivity index (χ3v) is 6.11. The molecular formula is C15H26N2O. The number of rotatable bonds is 2. The summed E-state index contributed by atoms with van der Waals surface area (Å²) in [6.45, 7) is 9.00. The Hall–Kier alpha value is -0.570. The zero-order valence-corrected chi connectivity index (χ0v) is 11.8. The summed E-state index contributed by atoms with van der Waals surface area (Å²) >= 11 is 0. The van der Waals surface area contributed by atoms with Crippen molar-refractivity contribution in [3.05, 3.63) is 0 Å². The topological polar surface area (TPSA) is 41.1 Å². The van der Waals surface area contributed by atoms with Gasteiger partial charge in [-0.05, 0) is 49.0 Å². The Labute approximate surface area is 110 Å². The van der Waals surface area contributed by atoms with E-state index >= 15 is 0 Å². The summed E-state index contributed by atoms with van der Waals surface area (Å²) in [5.74, 6) is 2.77. The van der Waals surface area contributed by atoms with Gasteiger partial charge in [0.25, 0.3) is 0 Å². The summed E-state index contributed by atoms with van der Waals surface area (Å²) in [6.07, 6.45) is 3.58. The highest BCUT2D eigenvalue weighted by Crippen LogP contribution is 2.61. The molecule has 2 N–H and O–H groups in total. The SMILES string of the molecule is C[C@@H]1[C@@H](NC(=O)C2CCNC2)C[C@H]2C[C@@H]1C2(C)C. The van der Waals surface area contributed by atoms with Crippen molar-refractivity contribution in [3.63, 3.8) is 0 Å². The smallest absolute Gasteiger partial charge is 0.224 e. The Kier molecular flexibility index (Phi) is 2.92. The lowest BCUT2D eigenvalue weighted by atomic mass is 9.45. The first-order valence-corrected chi connectivity index (χ1v) is 7.51. The fourth-order valence-electron chi connectivity index (χ4n) is 4.52. The number of amides is 1. The van der Waals surface area contributed by atoms with Gasteiger partial charge in [0.15, 0.2) is 0 Å². The monoisotopic (exact) mass is 250 g/mol. The summed E-state index contributed by atoms with van der Waals surface area (Å²) < 4.78 is 0. The number of hydrogen-bond acceptors (Lipinski definition) is 2. The van der Waals surface area contributed by atoms with Gasteiger partial charge >= 0.3 is 0 Å². The molecule has 1 amide bonds. The van der Waals surface area contributed by atoms with Crippen LogP contribution in [0.5, 0.6) is 0 Å². The van der Waals surface area contributed by atoms with Crippen LogP contribution in [-0.4, -0.2) is 25.0 Å². The molecular weight excluding hydrogens is 224 g/mol. The van der Waals surface area contributed by atoms with E-state index in [2.05, 4.69) is 31.4 Å². The van der Waals surface area contributed by atoms with Crippen molar-refractivity contribution in [2.75, 3.05) is 13.1 Å². The van der Waals surface area contributed by atoms with Gasteiger partial charge in [-0.2, -0.15) is 0 Å². The van der Waals surface area contributed by atoms with Gasteiger partial charge in [0.1, 0.15) is 0 Å². The number of hydrogen-bond donors (Lipinski definition) is 2. The zero-order chi connectivity index (χ0) is 12.9. The van der Waals surface area contributed by atoms with Crippen LogP contribution in [0, 0.1) is 29.1 Å². The molecule has 1 saturated heterocycles. The predicted molar refractivity (Wildman–Crippen MR) is 72.1 cm³/mol. The highest BCUT2D eigenvalue weighted by Gasteiger charge is 2.56. The minimum absolute atomic E-state index is 0.212. The number of nitrogens with one attached hydrogen (secondary N) is 2. The molecule has 102 valence electrons. The normalized spacial score (nSPS) is 45.4. The average molecular weight is 250 g/mol. The molecule has 3 nitrogen and oxygen atoms in total. The first-order chi connectivity index (χ1) is 8.50. The van der Waals surface area contributed by atoms with E-state index in [-0.39, 0.29) is 11.8 Å². The van der Waals surface area contributed by atoms with Gasteiger partial charge in [-0.25, -0.2) is 0 Å². The molecule has 1 heterocycles. The lowest BCUT2D eigenvalue weighted by Gasteiger charge is -2.62. The van der Waals surface area contributed by atoms with Gasteiger partial charge in [-0.1, -0.05) is 20.8 Å². The zero-order valence-electron chi connectivity index (χ0n) is 11.8. The van der Waals surface area contributed by atoms with Gasteiger partial charge < -0.3 is 10.6 Å². The molecule has 4 aliphatic rings. The minimum atomic E-state index is 0.212. The van der Waals surface area contributed by atoms with Gasteiger partial charge in [-0.3, -0.25) is 4.79 Å². The fraction of sp³-hybridized carbons (Fsp3) is 0.933. The molecule has 0 aromatic heterocycles. The van der Waals surface area contributed by atoms with Crippen molar-refractivity contribution in [3.8, 4) is 0 Å². The molecule has 5 atom stereocenters. The van der Waals surface area contributed by atoms with Crippen LogP contribution in [0.3, 0.4) is 0 Å². The van der Waals surface area contributed by atoms with Crippen LogP contribution in [-0.2, 0) is 4.79 Å². The van der Waals surface area contributed by atoms with E-state index in [1.54, 1.807) is 0 Å². The Balaban J connectivity index is 1.60. The fourth-order valence-corrected chi connectivity index (χ4v) is 4.52. The second-order valence-electron chi connectivity index (χ2n) is 7.26. The minimum Gasteiger partial charge on any atom is -0.353 e.